The van der Waals surface area contributed by atoms with Crippen LogP contribution in [-0.4, -0.2) is 50.4 Å². The van der Waals surface area contributed by atoms with Gasteiger partial charge in [-0.1, -0.05) is 12.1 Å². The topological polar surface area (TPSA) is 63.7 Å². The Balaban J connectivity index is 1.68. The zero-order valence-corrected chi connectivity index (χ0v) is 12.9. The number of nitrogens with zero attached hydrogens (tertiary/aromatic N) is 1. The third kappa shape index (κ3) is 3.30. The van der Waals surface area contributed by atoms with Crippen molar-refractivity contribution in [3.05, 3.63) is 35.6 Å². The van der Waals surface area contributed by atoms with E-state index < -0.39 is 15.8 Å². The Morgan fingerprint density at radius 2 is 2.00 bits per heavy atom. The maximum atomic E-state index is 13.0. The van der Waals surface area contributed by atoms with Gasteiger partial charge in [0, 0.05) is 6.54 Å². The number of hydrogen-bond acceptors (Lipinski definition) is 4. The van der Waals surface area contributed by atoms with Gasteiger partial charge in [-0.2, -0.15) is 0 Å². The van der Waals surface area contributed by atoms with Gasteiger partial charge in [0.05, 0.1) is 30.6 Å². The molecule has 0 radical (unpaired) electrons. The first-order valence-electron chi connectivity index (χ1n) is 7.31. The summed E-state index contributed by atoms with van der Waals surface area (Å²) in [6, 6.07) is 6.02. The average molecular weight is 327 g/mol. The van der Waals surface area contributed by atoms with Gasteiger partial charge in [0.25, 0.3) is 0 Å². The summed E-state index contributed by atoms with van der Waals surface area (Å²) >= 11 is 0. The van der Waals surface area contributed by atoms with Crippen molar-refractivity contribution < 1.29 is 22.3 Å². The molecule has 1 aromatic carbocycles. The van der Waals surface area contributed by atoms with Crippen LogP contribution in [-0.2, 0) is 19.4 Å². The van der Waals surface area contributed by atoms with Gasteiger partial charge < -0.3 is 9.64 Å². The first-order valence-corrected chi connectivity index (χ1v) is 9.13. The first kappa shape index (κ1) is 15.4. The summed E-state index contributed by atoms with van der Waals surface area (Å²) in [6.45, 7) is 1.24. The normalized spacial score (nSPS) is 27.8. The van der Waals surface area contributed by atoms with Gasteiger partial charge in [-0.05, 0) is 24.1 Å². The number of rotatable bonds is 2. The highest BCUT2D eigenvalue weighted by Crippen LogP contribution is 2.26. The molecule has 0 bridgehead atoms. The summed E-state index contributed by atoms with van der Waals surface area (Å²) in [5.41, 5.74) is 0.818. The van der Waals surface area contributed by atoms with E-state index >= 15 is 0 Å². The standard InChI is InChI=1S/C15H18FNO4S/c16-13-3-1-11(2-4-13)14-9-17(6-7-21-14)15(18)12-5-8-22(19,20)10-12/h1-4,12,14H,5-10H2. The monoisotopic (exact) mass is 327 g/mol. The molecule has 2 atom stereocenters. The Morgan fingerprint density at radius 1 is 1.27 bits per heavy atom. The van der Waals surface area contributed by atoms with Crippen molar-refractivity contribution in [1.82, 2.24) is 4.90 Å². The molecule has 0 aromatic heterocycles. The lowest BCUT2D eigenvalue weighted by molar-refractivity contribution is -0.142. The fourth-order valence-electron chi connectivity index (χ4n) is 2.98. The van der Waals surface area contributed by atoms with Crippen LogP contribution in [0.3, 0.4) is 0 Å². The van der Waals surface area contributed by atoms with Crippen LogP contribution < -0.4 is 0 Å². The molecule has 0 saturated carbocycles. The molecule has 2 aliphatic rings. The second-order valence-corrected chi connectivity index (χ2v) is 8.02. The summed E-state index contributed by atoms with van der Waals surface area (Å²) < 4.78 is 41.7. The number of amides is 1. The van der Waals surface area contributed by atoms with Gasteiger partial charge in [-0.15, -0.1) is 0 Å². The summed E-state index contributed by atoms with van der Waals surface area (Å²) in [6.07, 6.45) is 0.107. The molecule has 2 unspecified atom stereocenters. The SMILES string of the molecule is O=C(C1CCS(=O)(=O)C1)N1CCOC(c2ccc(F)cc2)C1. The minimum absolute atomic E-state index is 0.0512. The van der Waals surface area contributed by atoms with Crippen LogP contribution >= 0.6 is 0 Å². The molecule has 0 aliphatic carbocycles. The second kappa shape index (κ2) is 5.96. The molecule has 7 heteroatoms. The van der Waals surface area contributed by atoms with E-state index in [1.165, 1.54) is 12.1 Å². The zero-order chi connectivity index (χ0) is 15.7. The highest BCUT2D eigenvalue weighted by molar-refractivity contribution is 7.91. The van der Waals surface area contributed by atoms with Gasteiger partial charge in [-0.25, -0.2) is 12.8 Å². The summed E-state index contributed by atoms with van der Waals surface area (Å²) in [5, 5.41) is 0. The third-order valence-electron chi connectivity index (χ3n) is 4.20. The number of morpholine rings is 1. The zero-order valence-electron chi connectivity index (χ0n) is 12.1. The van der Waals surface area contributed by atoms with E-state index in [-0.39, 0.29) is 29.3 Å². The van der Waals surface area contributed by atoms with E-state index in [1.54, 1.807) is 17.0 Å². The molecule has 120 valence electrons. The number of halogens is 1. The Bertz CT molecular complexity index is 659. The Hall–Kier alpha value is -1.47. The number of ether oxygens (including phenoxy) is 1. The highest BCUT2D eigenvalue weighted by atomic mass is 32.2. The lowest BCUT2D eigenvalue weighted by atomic mass is 10.0. The quantitative estimate of drug-likeness (QED) is 0.818. The highest BCUT2D eigenvalue weighted by Gasteiger charge is 2.37. The average Bonchev–Trinajstić information content (AvgIpc) is 2.87. The number of carbonyl (C=O) groups excluding carboxylic acids is 1. The maximum absolute atomic E-state index is 13.0. The molecule has 1 aromatic rings. The molecule has 2 saturated heterocycles. The minimum Gasteiger partial charge on any atom is -0.370 e. The van der Waals surface area contributed by atoms with E-state index in [0.29, 0.717) is 26.1 Å². The number of sulfone groups is 1. The van der Waals surface area contributed by atoms with E-state index in [4.69, 9.17) is 4.74 Å². The van der Waals surface area contributed by atoms with Crippen LogP contribution in [0.4, 0.5) is 4.39 Å². The van der Waals surface area contributed by atoms with Crippen LogP contribution in [0.25, 0.3) is 0 Å². The van der Waals surface area contributed by atoms with Crippen LogP contribution in [0.5, 0.6) is 0 Å². The molecule has 0 spiro atoms. The van der Waals surface area contributed by atoms with E-state index in [0.717, 1.165) is 5.56 Å². The van der Waals surface area contributed by atoms with Crippen molar-refractivity contribution in [1.29, 1.82) is 0 Å². The van der Waals surface area contributed by atoms with E-state index in [1.807, 2.05) is 0 Å². The summed E-state index contributed by atoms with van der Waals surface area (Å²) in [4.78, 5) is 14.1. The first-order chi connectivity index (χ1) is 10.4. The predicted molar refractivity (Wildman–Crippen MR) is 78.4 cm³/mol. The Labute approximate surface area is 129 Å². The summed E-state index contributed by atoms with van der Waals surface area (Å²) in [7, 11) is -3.07. The number of benzene rings is 1. The third-order valence-corrected chi connectivity index (χ3v) is 5.97. The summed E-state index contributed by atoms with van der Waals surface area (Å²) in [5.74, 6) is -0.823. The van der Waals surface area contributed by atoms with Gasteiger partial charge in [0.2, 0.25) is 5.91 Å². The number of carbonyl (C=O) groups is 1. The molecule has 5 nitrogen and oxygen atoms in total. The van der Waals surface area contributed by atoms with Crippen LogP contribution in [0.2, 0.25) is 0 Å². The molecule has 3 rings (SSSR count). The molecule has 0 N–H and O–H groups in total. The Kier molecular flexibility index (Phi) is 4.18. The van der Waals surface area contributed by atoms with Crippen LogP contribution in [0.1, 0.15) is 18.1 Å². The van der Waals surface area contributed by atoms with Crippen molar-refractivity contribution in [2.75, 3.05) is 31.2 Å². The van der Waals surface area contributed by atoms with Crippen molar-refractivity contribution in [3.8, 4) is 0 Å². The van der Waals surface area contributed by atoms with E-state index in [2.05, 4.69) is 0 Å². The van der Waals surface area contributed by atoms with Gasteiger partial charge in [0.15, 0.2) is 9.84 Å². The lowest BCUT2D eigenvalue weighted by Gasteiger charge is -2.34. The predicted octanol–water partition coefficient (Wildman–Crippen LogP) is 1.16. The van der Waals surface area contributed by atoms with Crippen LogP contribution in [0, 0.1) is 11.7 Å². The smallest absolute Gasteiger partial charge is 0.226 e. The molecule has 2 heterocycles. The van der Waals surface area contributed by atoms with Gasteiger partial charge in [0.1, 0.15) is 11.9 Å². The minimum atomic E-state index is -3.07. The molecule has 2 aliphatic heterocycles. The van der Waals surface area contributed by atoms with Crippen molar-refractivity contribution in [2.24, 2.45) is 5.92 Å². The largest absolute Gasteiger partial charge is 0.370 e. The van der Waals surface area contributed by atoms with Crippen molar-refractivity contribution >= 4 is 15.7 Å². The lowest BCUT2D eigenvalue weighted by Crippen LogP contribution is -2.45. The maximum Gasteiger partial charge on any atom is 0.226 e. The van der Waals surface area contributed by atoms with Crippen molar-refractivity contribution in [3.63, 3.8) is 0 Å². The van der Waals surface area contributed by atoms with Crippen molar-refractivity contribution in [2.45, 2.75) is 12.5 Å². The fraction of sp³-hybridized carbons (Fsp3) is 0.533. The fourth-order valence-corrected chi connectivity index (χ4v) is 4.71. The van der Waals surface area contributed by atoms with Crippen LogP contribution in [0.15, 0.2) is 24.3 Å². The van der Waals surface area contributed by atoms with E-state index in [9.17, 15) is 17.6 Å². The molecule has 1 amide bonds. The second-order valence-electron chi connectivity index (χ2n) is 5.80. The Morgan fingerprint density at radius 3 is 2.64 bits per heavy atom. The molecule has 2 fully saturated rings. The van der Waals surface area contributed by atoms with Gasteiger partial charge >= 0.3 is 0 Å². The molecular formula is C15H18FNO4S. The van der Waals surface area contributed by atoms with Gasteiger partial charge in [-0.3, -0.25) is 4.79 Å². The molecular weight excluding hydrogens is 309 g/mol. The molecule has 22 heavy (non-hydrogen) atoms. The number of hydrogen-bond donors (Lipinski definition) is 0.